The normalized spacial score (nSPS) is 13.1. The number of hydrogen-bond donors (Lipinski definition) is 6. The van der Waals surface area contributed by atoms with Crippen LogP contribution in [0.1, 0.15) is 11.1 Å². The van der Waals surface area contributed by atoms with Crippen LogP contribution in [0.4, 0.5) is 11.4 Å². The molecule has 2 aliphatic carbocycles. The van der Waals surface area contributed by atoms with Crippen LogP contribution >= 0.6 is 0 Å². The predicted octanol–water partition coefficient (Wildman–Crippen LogP) is 0.552. The molecule has 0 atom stereocenters. The molecule has 0 fully saturated rings. The Morgan fingerprint density at radius 3 is 1.28 bits per heavy atom. The lowest BCUT2D eigenvalue weighted by Crippen LogP contribution is -2.41. The van der Waals surface area contributed by atoms with E-state index in [1.54, 1.807) is 0 Å². The van der Waals surface area contributed by atoms with Crippen molar-refractivity contribution in [1.82, 2.24) is 0 Å². The van der Waals surface area contributed by atoms with E-state index in [1.165, 1.54) is 60.7 Å². The molecule has 2 aromatic carbocycles. The fraction of sp³-hybridized carbons (Fsp3) is 0. The van der Waals surface area contributed by atoms with Gasteiger partial charge in [-0.3, -0.25) is 29.5 Å². The highest BCUT2D eigenvalue weighted by Crippen LogP contribution is 2.13. The summed E-state index contributed by atoms with van der Waals surface area (Å²) in [4.78, 5) is 46.2. The highest BCUT2D eigenvalue weighted by molar-refractivity contribution is 7.86. The van der Waals surface area contributed by atoms with Gasteiger partial charge in [0.15, 0.2) is 10.7 Å². The van der Waals surface area contributed by atoms with Crippen LogP contribution in [0.15, 0.2) is 102 Å². The minimum Gasteiger partial charge on any atom is -0.478 e. The predicted molar refractivity (Wildman–Crippen MR) is 161 cm³/mol. The molecule has 0 radical (unpaired) electrons. The fourth-order valence-corrected chi connectivity index (χ4v) is 5.27. The lowest BCUT2D eigenvalue weighted by Gasteiger charge is -2.05. The molecular formula is C28H20N4O12S2. The van der Waals surface area contributed by atoms with Crippen molar-refractivity contribution in [2.24, 2.45) is 10.2 Å². The quantitative estimate of drug-likeness (QED) is 0.0766. The number of carboxylic acids is 2. The molecule has 0 spiro atoms. The molecule has 0 saturated carbocycles. The molecule has 0 aromatic heterocycles. The Labute approximate surface area is 257 Å². The number of aliphatic carboxylic acids is 2. The molecule has 2 aromatic rings. The number of carbonyl (C=O) groups is 2. The maximum Gasteiger partial charge on any atom is 0.328 e. The maximum absolute atomic E-state index is 13.5. The van der Waals surface area contributed by atoms with Gasteiger partial charge >= 0.3 is 11.9 Å². The minimum atomic E-state index is -5.19. The second-order valence-electron chi connectivity index (χ2n) is 9.19. The van der Waals surface area contributed by atoms with Gasteiger partial charge in [-0.15, -0.1) is 0 Å². The number of hydrogen-bond acceptors (Lipinski definition) is 12. The first-order valence-electron chi connectivity index (χ1n) is 12.5. The Hall–Kier alpha value is -5.82. The van der Waals surface area contributed by atoms with Crippen molar-refractivity contribution in [3.05, 3.63) is 126 Å². The summed E-state index contributed by atoms with van der Waals surface area (Å²) < 4.78 is 68.4. The fourth-order valence-electron chi connectivity index (χ4n) is 3.95. The van der Waals surface area contributed by atoms with E-state index in [4.69, 9.17) is 10.2 Å². The van der Waals surface area contributed by atoms with Crippen molar-refractivity contribution < 1.29 is 45.7 Å². The standard InChI is InChI=1S/C28H20N4O12S2/c33-22(34)11-5-15-1-7-18(8-2-15)29-31-25-20(45(39,40)41)13-17-14-21(46(42,43)44)26(28(38)24(17)27(25)37)32-30-19-9-3-16(4-10-19)6-12-23(35)36/h1-14,29-30H,(H,33,34)(H,35,36)(H,39,40,41)(H,42,43,44)/b11-5+,12-6+,31-25?,32-26?. The van der Waals surface area contributed by atoms with Gasteiger partial charge in [0.2, 0.25) is 10.9 Å². The monoisotopic (exact) mass is 668 g/mol. The summed E-state index contributed by atoms with van der Waals surface area (Å²) in [5.41, 5.74) is 3.45. The number of rotatable bonds is 10. The van der Waals surface area contributed by atoms with Gasteiger partial charge in [0.05, 0.1) is 16.6 Å². The third kappa shape index (κ3) is 7.81. The summed E-state index contributed by atoms with van der Waals surface area (Å²) in [7, 11) is -10.4. The first kappa shape index (κ1) is 33.1. The van der Waals surface area contributed by atoms with Gasteiger partial charge in [-0.05, 0) is 64.9 Å². The highest BCUT2D eigenvalue weighted by atomic mass is 32.2. The van der Waals surface area contributed by atoms with E-state index >= 15 is 0 Å². The van der Waals surface area contributed by atoms with Gasteiger partial charge in [-0.25, -0.2) is 9.59 Å². The summed E-state index contributed by atoms with van der Waals surface area (Å²) >= 11 is 0. The average molecular weight is 669 g/mol. The van der Waals surface area contributed by atoms with E-state index in [1.807, 2.05) is 0 Å². The summed E-state index contributed by atoms with van der Waals surface area (Å²) in [6, 6.07) is 12.7. The smallest absolute Gasteiger partial charge is 0.328 e. The molecular weight excluding hydrogens is 648 g/mol. The zero-order valence-electron chi connectivity index (χ0n) is 22.8. The first-order valence-corrected chi connectivity index (χ1v) is 15.3. The van der Waals surface area contributed by atoms with Crippen LogP contribution in [0, 0.1) is 10.4 Å². The Morgan fingerprint density at radius 1 is 0.630 bits per heavy atom. The Morgan fingerprint density at radius 2 is 0.978 bits per heavy atom. The minimum absolute atomic E-state index is 0.182. The molecule has 0 bridgehead atoms. The van der Waals surface area contributed by atoms with Crippen LogP contribution in [0.5, 0.6) is 0 Å². The molecule has 0 heterocycles. The van der Waals surface area contributed by atoms with E-state index < -0.39 is 74.0 Å². The van der Waals surface area contributed by atoms with E-state index in [-0.39, 0.29) is 11.4 Å². The highest BCUT2D eigenvalue weighted by Gasteiger charge is 2.22. The SMILES string of the molecule is O=C(O)/C=C/c1ccc(NN=c2c(S(=O)(=O)O)cc3cc(S(=O)(=O)O)c(=NNc4ccc(/C=C/C(=O)O)cc4)c(=O)c=3c2=O)cc1. The van der Waals surface area contributed by atoms with Gasteiger partial charge < -0.3 is 10.2 Å². The summed E-state index contributed by atoms with van der Waals surface area (Å²) in [5.74, 6) is -2.35. The molecule has 18 heteroatoms. The molecule has 0 saturated heterocycles. The van der Waals surface area contributed by atoms with E-state index in [9.17, 15) is 45.1 Å². The van der Waals surface area contributed by atoms with Gasteiger partial charge in [0, 0.05) is 12.2 Å². The summed E-state index contributed by atoms with van der Waals surface area (Å²) in [6.07, 6.45) is 4.38. The Kier molecular flexibility index (Phi) is 9.38. The van der Waals surface area contributed by atoms with Crippen molar-refractivity contribution in [3.8, 4) is 0 Å². The lowest BCUT2D eigenvalue weighted by atomic mass is 10.1. The van der Waals surface area contributed by atoms with Crippen LogP contribution < -0.4 is 32.4 Å². The van der Waals surface area contributed by atoms with Crippen LogP contribution in [0.3, 0.4) is 0 Å². The third-order valence-electron chi connectivity index (χ3n) is 6.02. The first-order chi connectivity index (χ1) is 21.5. The maximum atomic E-state index is 13.5. The van der Waals surface area contributed by atoms with Gasteiger partial charge in [0.25, 0.3) is 20.2 Å². The van der Waals surface area contributed by atoms with Crippen molar-refractivity contribution in [2.75, 3.05) is 10.9 Å². The summed E-state index contributed by atoms with van der Waals surface area (Å²) in [5, 5.41) is 21.8. The topological polar surface area (TPSA) is 266 Å². The number of anilines is 2. The number of carboxylic acid groups (broad SMARTS) is 2. The molecule has 0 amide bonds. The molecule has 46 heavy (non-hydrogen) atoms. The lowest BCUT2D eigenvalue weighted by molar-refractivity contribution is -0.132. The van der Waals surface area contributed by atoms with Gasteiger partial charge in [-0.1, -0.05) is 24.3 Å². The van der Waals surface area contributed by atoms with Crippen LogP contribution in [0.25, 0.3) is 12.2 Å². The van der Waals surface area contributed by atoms with Crippen molar-refractivity contribution in [3.63, 3.8) is 0 Å². The molecule has 6 N–H and O–H groups in total. The molecule has 2 aliphatic rings. The van der Waals surface area contributed by atoms with E-state index in [2.05, 4.69) is 21.1 Å². The Balaban J connectivity index is 1.90. The van der Waals surface area contributed by atoms with Crippen molar-refractivity contribution in [1.29, 1.82) is 0 Å². The molecule has 0 aliphatic heterocycles. The number of benzene rings is 2. The number of nitrogens with zero attached hydrogens (tertiary/aromatic N) is 2. The van der Waals surface area contributed by atoms with Crippen molar-refractivity contribution in [2.45, 2.75) is 9.79 Å². The van der Waals surface area contributed by atoms with Crippen LogP contribution in [-0.2, 0) is 29.8 Å². The second-order valence-corrected chi connectivity index (χ2v) is 12.0. The van der Waals surface area contributed by atoms with E-state index in [0.29, 0.717) is 23.3 Å². The largest absolute Gasteiger partial charge is 0.478 e. The zero-order chi connectivity index (χ0) is 33.8. The zero-order valence-corrected chi connectivity index (χ0v) is 24.5. The van der Waals surface area contributed by atoms with Gasteiger partial charge in [0.1, 0.15) is 9.79 Å². The van der Waals surface area contributed by atoms with Gasteiger partial charge in [-0.2, -0.15) is 27.0 Å². The van der Waals surface area contributed by atoms with Crippen molar-refractivity contribution >= 4 is 55.7 Å². The molecule has 4 rings (SSSR count). The average Bonchev–Trinajstić information content (AvgIpc) is 2.97. The second kappa shape index (κ2) is 13.0. The third-order valence-corrected chi connectivity index (χ3v) is 7.75. The number of nitrogens with one attached hydrogen (secondary N) is 2. The molecule has 236 valence electrons. The van der Waals surface area contributed by atoms with E-state index in [0.717, 1.165) is 12.2 Å². The van der Waals surface area contributed by atoms with Crippen LogP contribution in [-0.4, -0.2) is 48.1 Å². The molecule has 0 unspecified atom stereocenters. The molecule has 16 nitrogen and oxygen atoms in total. The summed E-state index contributed by atoms with van der Waals surface area (Å²) in [6.45, 7) is 0. The Bertz CT molecular complexity index is 2280. The van der Waals surface area contributed by atoms with Crippen LogP contribution in [0.2, 0.25) is 0 Å².